The molecule has 3 saturated carbocycles. The van der Waals surface area contributed by atoms with Crippen LogP contribution in [0.5, 0.6) is 0 Å². The number of carbonyl (C=O) groups excluding carboxylic acids is 1. The molecule has 7 N–H and O–H groups in total. The van der Waals surface area contributed by atoms with Gasteiger partial charge < -0.3 is 41.0 Å². The van der Waals surface area contributed by atoms with E-state index in [1.165, 1.54) is 6.42 Å². The van der Waals surface area contributed by atoms with Crippen molar-refractivity contribution < 1.29 is 34.7 Å². The average molecular weight is 583 g/mol. The standard InChI is InChI=1S/C32H58N2O7/c1-40-29-17-20(8-12-27(29)37)7-10-25(35)24(15-22-13-14-34-31(33)19-22)26(36)11-9-21-16-28(38)32(39)30(18-21)41-23-5-3-2-4-6-23/h20-25,27-32,34-35,37-39H,2-19,33H2,1H3/t20?,21?,22?,24-,25-,27?,28?,29?,30?,31?,32?/m1/s1. The summed E-state index contributed by atoms with van der Waals surface area (Å²) in [5.41, 5.74) is 6.16. The first-order valence-electron chi connectivity index (χ1n) is 16.7. The Hall–Kier alpha value is -0.650. The van der Waals surface area contributed by atoms with Crippen LogP contribution in [0.2, 0.25) is 0 Å². The molecule has 9 unspecified atom stereocenters. The van der Waals surface area contributed by atoms with Crippen LogP contribution in [0.4, 0.5) is 0 Å². The number of aliphatic hydroxyl groups excluding tert-OH is 4. The highest BCUT2D eigenvalue weighted by Gasteiger charge is 2.39. The van der Waals surface area contributed by atoms with Crippen molar-refractivity contribution >= 4 is 5.78 Å². The van der Waals surface area contributed by atoms with Gasteiger partial charge in [0.1, 0.15) is 11.9 Å². The molecule has 0 aromatic carbocycles. The van der Waals surface area contributed by atoms with Gasteiger partial charge in [-0.25, -0.2) is 0 Å². The molecule has 1 heterocycles. The van der Waals surface area contributed by atoms with E-state index < -0.39 is 30.3 Å². The molecule has 0 aromatic rings. The predicted octanol–water partition coefficient (Wildman–Crippen LogP) is 2.79. The molecule has 4 fully saturated rings. The first-order valence-corrected chi connectivity index (χ1v) is 16.7. The molecule has 238 valence electrons. The lowest BCUT2D eigenvalue weighted by molar-refractivity contribution is -0.153. The van der Waals surface area contributed by atoms with E-state index in [1.807, 2.05) is 0 Å². The normalized spacial score (nSPS) is 38.8. The number of hydrogen-bond acceptors (Lipinski definition) is 9. The Morgan fingerprint density at radius 2 is 1.63 bits per heavy atom. The number of piperidine rings is 1. The van der Waals surface area contributed by atoms with Gasteiger partial charge in [0.05, 0.1) is 42.8 Å². The fourth-order valence-corrected chi connectivity index (χ4v) is 8.07. The Labute approximate surface area is 246 Å². The van der Waals surface area contributed by atoms with Crippen molar-refractivity contribution in [2.24, 2.45) is 29.4 Å². The average Bonchev–Trinajstić information content (AvgIpc) is 2.97. The number of Topliss-reactive ketones (excluding diaryl/α,β-unsaturated/α-hetero) is 1. The topological polar surface area (TPSA) is 154 Å². The van der Waals surface area contributed by atoms with Gasteiger partial charge in [0.2, 0.25) is 0 Å². The molecule has 4 rings (SSSR count). The van der Waals surface area contributed by atoms with Gasteiger partial charge in [-0.15, -0.1) is 0 Å². The second kappa shape index (κ2) is 16.4. The second-order valence-electron chi connectivity index (χ2n) is 13.8. The quantitative estimate of drug-likeness (QED) is 0.192. The largest absolute Gasteiger partial charge is 0.392 e. The molecule has 9 nitrogen and oxygen atoms in total. The van der Waals surface area contributed by atoms with Crippen LogP contribution in [0.1, 0.15) is 109 Å². The zero-order valence-corrected chi connectivity index (χ0v) is 25.2. The fraction of sp³-hybridized carbons (Fsp3) is 0.969. The van der Waals surface area contributed by atoms with Crippen LogP contribution in [-0.2, 0) is 14.3 Å². The molecule has 3 aliphatic carbocycles. The summed E-state index contributed by atoms with van der Waals surface area (Å²) in [7, 11) is 1.64. The molecule has 0 radical (unpaired) electrons. The smallest absolute Gasteiger partial charge is 0.138 e. The first kappa shape index (κ1) is 33.2. The number of methoxy groups -OCH3 is 1. The van der Waals surface area contributed by atoms with Crippen molar-refractivity contribution in [3.05, 3.63) is 0 Å². The van der Waals surface area contributed by atoms with E-state index in [2.05, 4.69) is 5.32 Å². The Balaban J connectivity index is 1.32. The number of ketones is 1. The third-order valence-corrected chi connectivity index (χ3v) is 10.7. The summed E-state index contributed by atoms with van der Waals surface area (Å²) in [6.07, 6.45) is 10.6. The van der Waals surface area contributed by atoms with Crippen LogP contribution < -0.4 is 11.1 Å². The van der Waals surface area contributed by atoms with Gasteiger partial charge in [-0.2, -0.15) is 0 Å². The van der Waals surface area contributed by atoms with Gasteiger partial charge in [-0.05, 0) is 108 Å². The van der Waals surface area contributed by atoms with Crippen molar-refractivity contribution in [1.29, 1.82) is 0 Å². The molecule has 11 atom stereocenters. The van der Waals surface area contributed by atoms with Crippen LogP contribution in [0.15, 0.2) is 0 Å². The molecular formula is C32H58N2O7. The predicted molar refractivity (Wildman–Crippen MR) is 157 cm³/mol. The summed E-state index contributed by atoms with van der Waals surface area (Å²) in [5.74, 6) is 0.459. The van der Waals surface area contributed by atoms with E-state index in [0.29, 0.717) is 56.8 Å². The fourth-order valence-electron chi connectivity index (χ4n) is 8.07. The minimum absolute atomic E-state index is 0.0717. The Morgan fingerprint density at radius 3 is 2.37 bits per heavy atom. The summed E-state index contributed by atoms with van der Waals surface area (Å²) in [6.45, 7) is 0.830. The van der Waals surface area contributed by atoms with Gasteiger partial charge in [-0.1, -0.05) is 19.3 Å². The monoisotopic (exact) mass is 582 g/mol. The SMILES string of the molecule is COC1CC(CC[C@@H](O)[C@@H](CC2CCNC(N)C2)C(=O)CCC2CC(O)C(O)C(OC3CCCCC3)C2)CCC1O. The zero-order valence-electron chi connectivity index (χ0n) is 25.2. The van der Waals surface area contributed by atoms with E-state index in [9.17, 15) is 25.2 Å². The van der Waals surface area contributed by atoms with Gasteiger partial charge in [0.15, 0.2) is 0 Å². The third-order valence-electron chi connectivity index (χ3n) is 10.7. The lowest BCUT2D eigenvalue weighted by Gasteiger charge is -2.39. The number of ether oxygens (including phenoxy) is 2. The Kier molecular flexibility index (Phi) is 13.3. The summed E-state index contributed by atoms with van der Waals surface area (Å²) in [5, 5.41) is 46.0. The maximum absolute atomic E-state index is 13.7. The van der Waals surface area contributed by atoms with Crippen LogP contribution in [0.3, 0.4) is 0 Å². The number of nitrogens with two attached hydrogens (primary N) is 1. The van der Waals surface area contributed by atoms with Gasteiger partial charge in [0.25, 0.3) is 0 Å². The van der Waals surface area contributed by atoms with Crippen LogP contribution in [0.25, 0.3) is 0 Å². The lowest BCUT2D eigenvalue weighted by atomic mass is 9.76. The molecule has 1 aliphatic heterocycles. The van der Waals surface area contributed by atoms with Crippen LogP contribution in [-0.4, -0.2) is 88.8 Å². The zero-order chi connectivity index (χ0) is 29.4. The second-order valence-corrected chi connectivity index (χ2v) is 13.8. The van der Waals surface area contributed by atoms with Crippen molar-refractivity contribution in [2.45, 2.75) is 158 Å². The highest BCUT2D eigenvalue weighted by Crippen LogP contribution is 2.36. The Morgan fingerprint density at radius 1 is 0.878 bits per heavy atom. The maximum Gasteiger partial charge on any atom is 0.138 e. The number of rotatable bonds is 13. The molecular weight excluding hydrogens is 524 g/mol. The molecule has 0 spiro atoms. The highest BCUT2D eigenvalue weighted by atomic mass is 16.5. The maximum atomic E-state index is 13.7. The van der Waals surface area contributed by atoms with E-state index in [0.717, 1.165) is 64.3 Å². The van der Waals surface area contributed by atoms with Gasteiger partial charge in [-0.3, -0.25) is 4.79 Å². The number of aliphatic hydroxyl groups is 4. The van der Waals surface area contributed by atoms with E-state index in [-0.39, 0.29) is 36.2 Å². The van der Waals surface area contributed by atoms with E-state index in [4.69, 9.17) is 15.2 Å². The first-order chi connectivity index (χ1) is 19.7. The van der Waals surface area contributed by atoms with Crippen LogP contribution >= 0.6 is 0 Å². The van der Waals surface area contributed by atoms with Crippen LogP contribution in [0, 0.1) is 23.7 Å². The highest BCUT2D eigenvalue weighted by molar-refractivity contribution is 5.81. The van der Waals surface area contributed by atoms with Crippen molar-refractivity contribution in [3.8, 4) is 0 Å². The number of hydrogen-bond donors (Lipinski definition) is 6. The summed E-state index contributed by atoms with van der Waals surface area (Å²) >= 11 is 0. The number of nitrogens with one attached hydrogen (secondary N) is 1. The Bertz CT molecular complexity index is 781. The summed E-state index contributed by atoms with van der Waals surface area (Å²) in [6, 6.07) is 0. The molecule has 1 saturated heterocycles. The van der Waals surface area contributed by atoms with Gasteiger partial charge >= 0.3 is 0 Å². The third kappa shape index (κ3) is 9.93. The molecule has 4 aliphatic rings. The molecule has 9 heteroatoms. The van der Waals surface area contributed by atoms with E-state index in [1.54, 1.807) is 7.11 Å². The lowest BCUT2D eigenvalue weighted by Crippen LogP contribution is -2.47. The molecule has 0 aromatic heterocycles. The summed E-state index contributed by atoms with van der Waals surface area (Å²) in [4.78, 5) is 13.7. The van der Waals surface area contributed by atoms with Crippen molar-refractivity contribution in [3.63, 3.8) is 0 Å². The summed E-state index contributed by atoms with van der Waals surface area (Å²) < 4.78 is 11.7. The van der Waals surface area contributed by atoms with E-state index >= 15 is 0 Å². The molecule has 0 amide bonds. The molecule has 41 heavy (non-hydrogen) atoms. The number of carbonyl (C=O) groups is 1. The minimum atomic E-state index is -0.874. The minimum Gasteiger partial charge on any atom is -0.392 e. The molecule has 0 bridgehead atoms. The van der Waals surface area contributed by atoms with Crippen molar-refractivity contribution in [1.82, 2.24) is 5.32 Å². The van der Waals surface area contributed by atoms with Gasteiger partial charge in [0, 0.05) is 19.4 Å². The van der Waals surface area contributed by atoms with Crippen molar-refractivity contribution in [2.75, 3.05) is 13.7 Å².